The van der Waals surface area contributed by atoms with Crippen LogP contribution in [0, 0.1) is 17.6 Å². The van der Waals surface area contributed by atoms with Gasteiger partial charge in [0, 0.05) is 54.5 Å². The van der Waals surface area contributed by atoms with Crippen LogP contribution in [0.2, 0.25) is 0 Å². The second-order valence-electron chi connectivity index (χ2n) is 10.6. The molecule has 0 spiro atoms. The molecule has 3 aromatic heterocycles. The molecule has 5 rings (SSSR count). The predicted molar refractivity (Wildman–Crippen MR) is 161 cm³/mol. The molecule has 1 atom stereocenters. The lowest BCUT2D eigenvalue weighted by Crippen LogP contribution is -2.46. The molecule has 0 saturated heterocycles. The number of benzene rings is 1. The molecule has 0 bridgehead atoms. The van der Waals surface area contributed by atoms with Crippen molar-refractivity contribution in [3.8, 4) is 11.5 Å². The first-order valence-electron chi connectivity index (χ1n) is 14.6. The molecular formula is C32H37F2N5O4. The van der Waals surface area contributed by atoms with Crippen LogP contribution in [0.4, 0.5) is 30.6 Å². The molecule has 228 valence electrons. The van der Waals surface area contributed by atoms with E-state index in [1.807, 2.05) is 6.07 Å². The largest absolute Gasteiger partial charge is 0.493 e. The number of aryl methyl sites for hydroxylation is 1. The first-order chi connectivity index (χ1) is 20.9. The number of pyridine rings is 2. The highest BCUT2D eigenvalue weighted by atomic mass is 19.1. The zero-order chi connectivity index (χ0) is 30.5. The number of halogens is 2. The van der Waals surface area contributed by atoms with Crippen LogP contribution in [0.15, 0.2) is 42.9 Å². The topological polar surface area (TPSA) is 92.8 Å². The van der Waals surface area contributed by atoms with Crippen molar-refractivity contribution in [3.05, 3.63) is 65.7 Å². The van der Waals surface area contributed by atoms with E-state index in [4.69, 9.17) is 14.2 Å². The molecule has 0 aliphatic carbocycles. The SMILES string of the molecule is CCCOCCC(CC)CCc1cc2c3c(cnc2[nH]1)CN(c1c(F)c(OC)cc(OC)c1F)C(=O)N3c1ccncc1. The van der Waals surface area contributed by atoms with Gasteiger partial charge >= 0.3 is 6.03 Å². The van der Waals surface area contributed by atoms with Crippen molar-refractivity contribution in [2.45, 2.75) is 52.5 Å². The molecular weight excluding hydrogens is 556 g/mol. The third-order valence-electron chi connectivity index (χ3n) is 7.90. The van der Waals surface area contributed by atoms with E-state index in [1.54, 1.807) is 30.7 Å². The van der Waals surface area contributed by atoms with Gasteiger partial charge in [-0.25, -0.2) is 18.6 Å². The van der Waals surface area contributed by atoms with E-state index in [1.165, 1.54) is 19.1 Å². The zero-order valence-electron chi connectivity index (χ0n) is 25.0. The van der Waals surface area contributed by atoms with E-state index in [2.05, 4.69) is 28.8 Å². The summed E-state index contributed by atoms with van der Waals surface area (Å²) >= 11 is 0. The van der Waals surface area contributed by atoms with Gasteiger partial charge in [0.2, 0.25) is 0 Å². The van der Waals surface area contributed by atoms with Crippen molar-refractivity contribution in [2.24, 2.45) is 5.92 Å². The fraction of sp³-hybridized carbons (Fsp3) is 0.406. The summed E-state index contributed by atoms with van der Waals surface area (Å²) in [6, 6.07) is 5.85. The number of amides is 2. The van der Waals surface area contributed by atoms with Crippen LogP contribution in [0.5, 0.6) is 11.5 Å². The maximum absolute atomic E-state index is 15.6. The number of nitrogens with zero attached hydrogens (tertiary/aromatic N) is 4. The van der Waals surface area contributed by atoms with Crippen LogP contribution < -0.4 is 19.3 Å². The van der Waals surface area contributed by atoms with Crippen LogP contribution in [-0.2, 0) is 17.7 Å². The number of carbonyl (C=O) groups excluding carboxylic acids is 1. The molecule has 11 heteroatoms. The number of nitrogens with one attached hydrogen (secondary N) is 1. The minimum Gasteiger partial charge on any atom is -0.493 e. The van der Waals surface area contributed by atoms with Gasteiger partial charge in [0.1, 0.15) is 11.3 Å². The van der Waals surface area contributed by atoms with Gasteiger partial charge in [-0.2, -0.15) is 0 Å². The number of anilines is 3. The summed E-state index contributed by atoms with van der Waals surface area (Å²) in [6.45, 7) is 5.73. The van der Waals surface area contributed by atoms with E-state index in [9.17, 15) is 4.79 Å². The van der Waals surface area contributed by atoms with Gasteiger partial charge in [0.25, 0.3) is 0 Å². The Hall–Kier alpha value is -4.25. The molecule has 1 N–H and O–H groups in total. The van der Waals surface area contributed by atoms with E-state index in [-0.39, 0.29) is 18.0 Å². The lowest BCUT2D eigenvalue weighted by molar-refractivity contribution is 0.118. The Labute approximate surface area is 249 Å². The number of aromatic amines is 1. The number of carbonyl (C=O) groups is 1. The molecule has 0 radical (unpaired) electrons. The van der Waals surface area contributed by atoms with Gasteiger partial charge in [-0.1, -0.05) is 20.3 Å². The molecule has 0 saturated carbocycles. The summed E-state index contributed by atoms with van der Waals surface area (Å²) in [4.78, 5) is 28.9. The predicted octanol–water partition coefficient (Wildman–Crippen LogP) is 7.31. The monoisotopic (exact) mass is 593 g/mol. The standard InChI is InChI=1S/C32H37F2N5O4/c1-5-14-43-15-11-20(6-2)7-8-22-16-24-29-21(18-36-31(24)37-22)19-38(32(40)39(29)23-9-12-35-13-10-23)30-27(33)25(41-3)17-26(42-4)28(30)34/h9-10,12-13,16-18,20H,5-8,11,14-15,19H2,1-4H3,(H,36,37). The smallest absolute Gasteiger partial charge is 0.334 e. The van der Waals surface area contributed by atoms with Crippen molar-refractivity contribution < 1.29 is 27.8 Å². The first-order valence-corrected chi connectivity index (χ1v) is 14.6. The summed E-state index contributed by atoms with van der Waals surface area (Å²) in [5, 5.41) is 0.751. The number of fused-ring (bicyclic) bond motifs is 3. The Morgan fingerprint density at radius 1 is 1.00 bits per heavy atom. The number of ether oxygens (including phenoxy) is 3. The number of H-pyrrole nitrogens is 1. The number of hydrogen-bond donors (Lipinski definition) is 1. The van der Waals surface area contributed by atoms with Crippen molar-refractivity contribution in [2.75, 3.05) is 37.2 Å². The third kappa shape index (κ3) is 5.99. The maximum Gasteiger partial charge on any atom is 0.334 e. The summed E-state index contributed by atoms with van der Waals surface area (Å²) in [5.74, 6) is -1.97. The van der Waals surface area contributed by atoms with E-state index in [0.29, 0.717) is 28.5 Å². The lowest BCUT2D eigenvalue weighted by atomic mass is 9.96. The number of methoxy groups -OCH3 is 2. The quantitative estimate of drug-likeness (QED) is 0.164. The van der Waals surface area contributed by atoms with E-state index in [0.717, 1.165) is 67.4 Å². The zero-order valence-corrected chi connectivity index (χ0v) is 25.0. The van der Waals surface area contributed by atoms with Crippen molar-refractivity contribution >= 4 is 34.1 Å². The summed E-state index contributed by atoms with van der Waals surface area (Å²) in [5.41, 5.74) is 2.80. The van der Waals surface area contributed by atoms with Crippen LogP contribution >= 0.6 is 0 Å². The number of urea groups is 1. The average molecular weight is 594 g/mol. The summed E-state index contributed by atoms with van der Waals surface area (Å²) in [7, 11) is 2.53. The van der Waals surface area contributed by atoms with Gasteiger partial charge in [-0.15, -0.1) is 0 Å². The number of hydrogen-bond acceptors (Lipinski definition) is 6. The lowest BCUT2D eigenvalue weighted by Gasteiger charge is -2.37. The minimum absolute atomic E-state index is 0.112. The molecule has 1 unspecified atom stereocenters. The molecule has 4 heterocycles. The normalized spacial score (nSPS) is 13.9. The van der Waals surface area contributed by atoms with E-state index < -0.39 is 23.4 Å². The Morgan fingerprint density at radius 2 is 1.72 bits per heavy atom. The number of aromatic nitrogens is 3. The second kappa shape index (κ2) is 13.4. The molecule has 0 fully saturated rings. The first kappa shape index (κ1) is 30.2. The Morgan fingerprint density at radius 3 is 2.37 bits per heavy atom. The molecule has 2 amide bonds. The highest BCUT2D eigenvalue weighted by molar-refractivity contribution is 6.15. The number of rotatable bonds is 13. The van der Waals surface area contributed by atoms with Gasteiger partial charge < -0.3 is 19.2 Å². The summed E-state index contributed by atoms with van der Waals surface area (Å²) < 4.78 is 47.1. The van der Waals surface area contributed by atoms with Crippen molar-refractivity contribution in [1.82, 2.24) is 15.0 Å². The Kier molecular flexibility index (Phi) is 9.40. The summed E-state index contributed by atoms with van der Waals surface area (Å²) in [6.07, 6.45) is 9.64. The third-order valence-corrected chi connectivity index (χ3v) is 7.90. The maximum atomic E-state index is 15.6. The fourth-order valence-electron chi connectivity index (χ4n) is 5.55. The highest BCUT2D eigenvalue weighted by Gasteiger charge is 2.38. The molecule has 4 aromatic rings. The molecule has 1 aliphatic heterocycles. The fourth-order valence-corrected chi connectivity index (χ4v) is 5.55. The molecule has 43 heavy (non-hydrogen) atoms. The van der Waals surface area contributed by atoms with Crippen LogP contribution in [0.1, 0.15) is 50.8 Å². The average Bonchev–Trinajstić information content (AvgIpc) is 3.45. The van der Waals surface area contributed by atoms with Gasteiger partial charge in [-0.3, -0.25) is 14.8 Å². The minimum atomic E-state index is -1.00. The van der Waals surface area contributed by atoms with Crippen LogP contribution in [0.25, 0.3) is 11.0 Å². The van der Waals surface area contributed by atoms with Crippen LogP contribution in [-0.4, -0.2) is 48.4 Å². The van der Waals surface area contributed by atoms with Crippen molar-refractivity contribution in [3.63, 3.8) is 0 Å². The van der Waals surface area contributed by atoms with Crippen molar-refractivity contribution in [1.29, 1.82) is 0 Å². The molecule has 1 aromatic carbocycles. The van der Waals surface area contributed by atoms with E-state index >= 15 is 8.78 Å². The highest BCUT2D eigenvalue weighted by Crippen LogP contribution is 2.44. The molecule has 9 nitrogen and oxygen atoms in total. The van der Waals surface area contributed by atoms with Gasteiger partial charge in [-0.05, 0) is 49.8 Å². The van der Waals surface area contributed by atoms with Gasteiger partial charge in [0.15, 0.2) is 23.1 Å². The van der Waals surface area contributed by atoms with Crippen LogP contribution in [0.3, 0.4) is 0 Å². The Bertz CT molecular complexity index is 1550. The Balaban J connectivity index is 1.54. The second-order valence-corrected chi connectivity index (χ2v) is 10.6. The van der Waals surface area contributed by atoms with Gasteiger partial charge in [0.05, 0.1) is 32.1 Å². The molecule has 1 aliphatic rings.